The first-order valence-electron chi connectivity index (χ1n) is 6.40. The predicted octanol–water partition coefficient (Wildman–Crippen LogP) is 3.13. The Morgan fingerprint density at radius 2 is 2.22 bits per heavy atom. The Kier molecular flexibility index (Phi) is 4.91. The Labute approximate surface area is 111 Å². The molecule has 0 unspecified atom stereocenters. The molecule has 0 amide bonds. The molecule has 1 rings (SSSR count). The van der Waals surface area contributed by atoms with Gasteiger partial charge in [-0.3, -0.25) is 0 Å². The van der Waals surface area contributed by atoms with Crippen molar-refractivity contribution in [3.05, 3.63) is 34.9 Å². The number of hydrogen-bond donors (Lipinski definition) is 1. The van der Waals surface area contributed by atoms with Crippen LogP contribution in [-0.2, 0) is 9.53 Å². The van der Waals surface area contributed by atoms with Gasteiger partial charge in [-0.15, -0.1) is 0 Å². The summed E-state index contributed by atoms with van der Waals surface area (Å²) in [7, 11) is 0. The number of rotatable bonds is 4. The minimum absolute atomic E-state index is 0. The molecule has 0 atom stereocenters. The quantitative estimate of drug-likeness (QED) is 0.781. The van der Waals surface area contributed by atoms with E-state index in [0.29, 0.717) is 13.0 Å². The van der Waals surface area contributed by atoms with E-state index >= 15 is 0 Å². The van der Waals surface area contributed by atoms with Gasteiger partial charge < -0.3 is 10.5 Å². The number of esters is 1. The van der Waals surface area contributed by atoms with Crippen LogP contribution in [0.2, 0.25) is 0 Å². The van der Waals surface area contributed by atoms with Crippen molar-refractivity contribution in [2.45, 2.75) is 46.1 Å². The number of nitrogens with two attached hydrogens (primary N) is 1. The molecule has 0 aromatic heterocycles. The van der Waals surface area contributed by atoms with Crippen molar-refractivity contribution >= 4 is 5.97 Å². The van der Waals surface area contributed by atoms with Gasteiger partial charge in [-0.1, -0.05) is 25.2 Å². The lowest BCUT2D eigenvalue weighted by atomic mass is 10.0. The Balaban J connectivity index is 0.00000324. The van der Waals surface area contributed by atoms with E-state index in [1.54, 1.807) is 0 Å². The maximum atomic E-state index is 12.2. The van der Waals surface area contributed by atoms with E-state index < -0.39 is 5.60 Å². The molecule has 102 valence electrons. The standard InChI is InChI=1S/C15H23NO2.H2/c1-5-15(3,4)18-14(17)13-8-6-7-12(10-16)9-11(13)2;/h6-7,9H,5,8,10,16H2,1-4H3;1H. The Morgan fingerprint density at radius 1 is 1.56 bits per heavy atom. The molecule has 0 saturated carbocycles. The third kappa shape index (κ3) is 3.84. The molecule has 0 radical (unpaired) electrons. The average molecular weight is 251 g/mol. The summed E-state index contributed by atoms with van der Waals surface area (Å²) in [4.78, 5) is 12.2. The molecular formula is C15H25NO2. The molecule has 0 aromatic carbocycles. The lowest BCUT2D eigenvalue weighted by Crippen LogP contribution is -2.28. The molecule has 18 heavy (non-hydrogen) atoms. The fourth-order valence-electron chi connectivity index (χ4n) is 1.66. The van der Waals surface area contributed by atoms with Gasteiger partial charge in [-0.25, -0.2) is 4.79 Å². The minimum atomic E-state index is -0.416. The highest BCUT2D eigenvalue weighted by atomic mass is 16.6. The number of carbonyl (C=O) groups excluding carboxylic acids is 1. The largest absolute Gasteiger partial charge is 0.456 e. The smallest absolute Gasteiger partial charge is 0.335 e. The van der Waals surface area contributed by atoms with Crippen LogP contribution >= 0.6 is 0 Å². The van der Waals surface area contributed by atoms with Crippen LogP contribution in [0.5, 0.6) is 0 Å². The van der Waals surface area contributed by atoms with Gasteiger partial charge in [0.15, 0.2) is 0 Å². The molecule has 2 N–H and O–H groups in total. The third-order valence-corrected chi connectivity index (χ3v) is 3.23. The highest BCUT2D eigenvalue weighted by Gasteiger charge is 2.23. The van der Waals surface area contributed by atoms with E-state index in [1.165, 1.54) is 0 Å². The summed E-state index contributed by atoms with van der Waals surface area (Å²) in [5.74, 6) is -0.224. The SMILES string of the molecule is CCC(C)(C)OC(=O)C1=C(C)C=C(CN)C=CC1.[HH]. The molecule has 3 nitrogen and oxygen atoms in total. The Hall–Kier alpha value is -1.35. The van der Waals surface area contributed by atoms with Crippen LogP contribution < -0.4 is 5.73 Å². The van der Waals surface area contributed by atoms with Gasteiger partial charge in [-0.05, 0) is 44.8 Å². The molecular weight excluding hydrogens is 226 g/mol. The van der Waals surface area contributed by atoms with Crippen LogP contribution in [0.1, 0.15) is 42.0 Å². The maximum absolute atomic E-state index is 12.2. The summed E-state index contributed by atoms with van der Waals surface area (Å²) in [5, 5.41) is 0. The molecule has 0 fully saturated rings. The molecule has 0 bridgehead atoms. The monoisotopic (exact) mass is 251 g/mol. The van der Waals surface area contributed by atoms with Crippen molar-refractivity contribution in [2.24, 2.45) is 5.73 Å². The second-order valence-electron chi connectivity index (χ2n) is 5.19. The minimum Gasteiger partial charge on any atom is -0.456 e. The third-order valence-electron chi connectivity index (χ3n) is 3.23. The van der Waals surface area contributed by atoms with Crippen molar-refractivity contribution in [1.82, 2.24) is 0 Å². The van der Waals surface area contributed by atoms with E-state index in [0.717, 1.165) is 23.1 Å². The van der Waals surface area contributed by atoms with Gasteiger partial charge in [0.05, 0.1) is 0 Å². The first kappa shape index (κ1) is 14.7. The summed E-state index contributed by atoms with van der Waals surface area (Å²) in [6, 6.07) is 0. The second-order valence-corrected chi connectivity index (χ2v) is 5.19. The van der Waals surface area contributed by atoms with E-state index in [-0.39, 0.29) is 7.40 Å². The van der Waals surface area contributed by atoms with Crippen LogP contribution in [0.15, 0.2) is 34.9 Å². The molecule has 0 heterocycles. The molecule has 0 saturated heterocycles. The zero-order valence-corrected chi connectivity index (χ0v) is 11.7. The van der Waals surface area contributed by atoms with Gasteiger partial charge >= 0.3 is 5.97 Å². The molecule has 0 aromatic rings. The lowest BCUT2D eigenvalue weighted by Gasteiger charge is -2.24. The first-order valence-corrected chi connectivity index (χ1v) is 6.40. The van der Waals surface area contributed by atoms with Crippen LogP contribution in [0.3, 0.4) is 0 Å². The predicted molar refractivity (Wildman–Crippen MR) is 76.2 cm³/mol. The average Bonchev–Trinajstić information content (AvgIpc) is 2.50. The lowest BCUT2D eigenvalue weighted by molar-refractivity contribution is -0.151. The van der Waals surface area contributed by atoms with Crippen molar-refractivity contribution in [2.75, 3.05) is 6.54 Å². The summed E-state index contributed by atoms with van der Waals surface area (Å²) >= 11 is 0. The number of carbonyl (C=O) groups is 1. The Morgan fingerprint density at radius 3 is 2.78 bits per heavy atom. The topological polar surface area (TPSA) is 52.3 Å². The Bertz CT molecular complexity index is 420. The highest BCUT2D eigenvalue weighted by Crippen LogP contribution is 2.22. The highest BCUT2D eigenvalue weighted by molar-refractivity contribution is 5.90. The molecule has 0 aliphatic heterocycles. The second kappa shape index (κ2) is 6.01. The van der Waals surface area contributed by atoms with E-state index in [1.807, 2.05) is 45.9 Å². The van der Waals surface area contributed by atoms with Crippen molar-refractivity contribution in [3.8, 4) is 0 Å². The van der Waals surface area contributed by atoms with Gasteiger partial charge in [0, 0.05) is 13.5 Å². The van der Waals surface area contributed by atoms with Crippen LogP contribution in [0, 0.1) is 0 Å². The maximum Gasteiger partial charge on any atom is 0.335 e. The van der Waals surface area contributed by atoms with Crippen molar-refractivity contribution in [3.63, 3.8) is 0 Å². The first-order chi connectivity index (χ1) is 8.39. The molecule has 0 spiro atoms. The van der Waals surface area contributed by atoms with E-state index in [9.17, 15) is 4.79 Å². The molecule has 1 aliphatic rings. The van der Waals surface area contributed by atoms with Gasteiger partial charge in [0.25, 0.3) is 0 Å². The van der Waals surface area contributed by atoms with Gasteiger partial charge in [-0.2, -0.15) is 0 Å². The van der Waals surface area contributed by atoms with Crippen LogP contribution in [0.4, 0.5) is 0 Å². The van der Waals surface area contributed by atoms with Crippen LogP contribution in [0.25, 0.3) is 0 Å². The van der Waals surface area contributed by atoms with Gasteiger partial charge in [0.2, 0.25) is 0 Å². The summed E-state index contributed by atoms with van der Waals surface area (Å²) in [6.07, 6.45) is 7.29. The summed E-state index contributed by atoms with van der Waals surface area (Å²) in [6.45, 7) is 8.27. The van der Waals surface area contributed by atoms with E-state index in [4.69, 9.17) is 10.5 Å². The van der Waals surface area contributed by atoms with Crippen molar-refractivity contribution < 1.29 is 11.0 Å². The number of ether oxygens (including phenoxy) is 1. The molecule has 3 heteroatoms. The van der Waals surface area contributed by atoms with Crippen LogP contribution in [-0.4, -0.2) is 18.1 Å². The van der Waals surface area contributed by atoms with E-state index in [2.05, 4.69) is 0 Å². The number of hydrogen-bond acceptors (Lipinski definition) is 3. The zero-order chi connectivity index (χ0) is 13.8. The normalized spacial score (nSPS) is 16.4. The number of allylic oxidation sites excluding steroid dienone is 3. The fourth-order valence-corrected chi connectivity index (χ4v) is 1.66. The summed E-state index contributed by atoms with van der Waals surface area (Å²) in [5.41, 5.74) is 7.90. The zero-order valence-electron chi connectivity index (χ0n) is 11.7. The van der Waals surface area contributed by atoms with Gasteiger partial charge in [0.1, 0.15) is 5.60 Å². The fraction of sp³-hybridized carbons (Fsp3) is 0.533. The summed E-state index contributed by atoms with van der Waals surface area (Å²) < 4.78 is 5.53. The van der Waals surface area contributed by atoms with Crippen molar-refractivity contribution in [1.29, 1.82) is 0 Å². The molecule has 1 aliphatic carbocycles.